The van der Waals surface area contributed by atoms with E-state index in [0.29, 0.717) is 45.0 Å². The standard InChI is InChI=1S/C26H29N3O3/c1-4-16-32-25-11-7-10-23-22(25)17-24(29(23)18-21-9-6-5-8-19(21)2)26(31)28-14-12-27(13-15-28)20(3)30/h4-11,17H,1,12-16,18H2,2-3H3. The summed E-state index contributed by atoms with van der Waals surface area (Å²) in [6, 6.07) is 16.1. The maximum atomic E-state index is 13.6. The zero-order valence-electron chi connectivity index (χ0n) is 18.7. The fraction of sp³-hybridized carbons (Fsp3) is 0.308. The first-order chi connectivity index (χ1) is 15.5. The summed E-state index contributed by atoms with van der Waals surface area (Å²) in [6.07, 6.45) is 1.71. The predicted octanol–water partition coefficient (Wildman–Crippen LogP) is 3.87. The summed E-state index contributed by atoms with van der Waals surface area (Å²) in [7, 11) is 0. The summed E-state index contributed by atoms with van der Waals surface area (Å²) in [5.41, 5.74) is 3.94. The molecule has 0 radical (unpaired) electrons. The Balaban J connectivity index is 1.74. The maximum absolute atomic E-state index is 13.6. The number of benzene rings is 2. The number of nitrogens with zero attached hydrogens (tertiary/aromatic N) is 3. The summed E-state index contributed by atoms with van der Waals surface area (Å²) in [4.78, 5) is 28.9. The molecule has 0 atom stereocenters. The van der Waals surface area contributed by atoms with Gasteiger partial charge in [0.2, 0.25) is 5.91 Å². The Morgan fingerprint density at radius 2 is 1.75 bits per heavy atom. The number of hydrogen-bond donors (Lipinski definition) is 0. The second kappa shape index (κ2) is 9.30. The zero-order valence-corrected chi connectivity index (χ0v) is 18.7. The van der Waals surface area contributed by atoms with Crippen LogP contribution in [0.3, 0.4) is 0 Å². The van der Waals surface area contributed by atoms with Gasteiger partial charge in [0.15, 0.2) is 0 Å². The van der Waals surface area contributed by atoms with Gasteiger partial charge >= 0.3 is 0 Å². The number of rotatable bonds is 6. The third kappa shape index (κ3) is 4.26. The Bertz CT molecular complexity index is 1160. The van der Waals surface area contributed by atoms with Crippen LogP contribution in [-0.4, -0.2) is 59.0 Å². The molecule has 0 bridgehead atoms. The Morgan fingerprint density at radius 1 is 1.03 bits per heavy atom. The van der Waals surface area contributed by atoms with Crippen molar-refractivity contribution in [1.29, 1.82) is 0 Å². The van der Waals surface area contributed by atoms with Crippen molar-refractivity contribution < 1.29 is 14.3 Å². The quantitative estimate of drug-likeness (QED) is 0.557. The van der Waals surface area contributed by atoms with Gasteiger partial charge < -0.3 is 19.1 Å². The number of aryl methyl sites for hydroxylation is 1. The molecule has 6 heteroatoms. The smallest absolute Gasteiger partial charge is 0.270 e. The van der Waals surface area contributed by atoms with E-state index in [0.717, 1.165) is 22.2 Å². The average molecular weight is 432 g/mol. The van der Waals surface area contributed by atoms with E-state index in [4.69, 9.17) is 4.74 Å². The van der Waals surface area contributed by atoms with Crippen LogP contribution in [0.2, 0.25) is 0 Å². The summed E-state index contributed by atoms with van der Waals surface area (Å²) >= 11 is 0. The van der Waals surface area contributed by atoms with E-state index in [-0.39, 0.29) is 11.8 Å². The van der Waals surface area contributed by atoms with Gasteiger partial charge in [0.1, 0.15) is 18.1 Å². The van der Waals surface area contributed by atoms with Crippen molar-refractivity contribution in [2.24, 2.45) is 0 Å². The highest BCUT2D eigenvalue weighted by atomic mass is 16.5. The van der Waals surface area contributed by atoms with Crippen molar-refractivity contribution in [1.82, 2.24) is 14.4 Å². The lowest BCUT2D eigenvalue weighted by Crippen LogP contribution is -2.50. The average Bonchev–Trinajstić information content (AvgIpc) is 3.17. The molecule has 4 rings (SSSR count). The molecule has 3 aromatic rings. The SMILES string of the molecule is C=CCOc1cccc2c1cc(C(=O)N1CCN(C(C)=O)CC1)n2Cc1ccccc1C. The highest BCUT2D eigenvalue weighted by Crippen LogP contribution is 2.31. The van der Waals surface area contributed by atoms with E-state index in [2.05, 4.69) is 30.2 Å². The third-order valence-electron chi connectivity index (χ3n) is 6.08. The van der Waals surface area contributed by atoms with Gasteiger partial charge in [-0.25, -0.2) is 0 Å². The highest BCUT2D eigenvalue weighted by Gasteiger charge is 2.27. The molecule has 2 aromatic carbocycles. The second-order valence-electron chi connectivity index (χ2n) is 8.13. The van der Waals surface area contributed by atoms with Gasteiger partial charge in [0, 0.05) is 45.0 Å². The molecule has 0 aliphatic carbocycles. The van der Waals surface area contributed by atoms with Crippen LogP contribution in [0.25, 0.3) is 10.9 Å². The monoisotopic (exact) mass is 431 g/mol. The van der Waals surface area contributed by atoms with Crippen molar-refractivity contribution in [2.45, 2.75) is 20.4 Å². The Morgan fingerprint density at radius 3 is 2.44 bits per heavy atom. The molecule has 1 aliphatic rings. The number of ether oxygens (including phenoxy) is 1. The van der Waals surface area contributed by atoms with Crippen molar-refractivity contribution in [3.63, 3.8) is 0 Å². The van der Waals surface area contributed by atoms with Crippen LogP contribution in [0.4, 0.5) is 0 Å². The van der Waals surface area contributed by atoms with Crippen LogP contribution in [0.1, 0.15) is 28.5 Å². The molecule has 0 N–H and O–H groups in total. The van der Waals surface area contributed by atoms with E-state index < -0.39 is 0 Å². The molecule has 6 nitrogen and oxygen atoms in total. The Hall–Kier alpha value is -3.54. The van der Waals surface area contributed by atoms with Crippen LogP contribution in [0, 0.1) is 6.92 Å². The minimum absolute atomic E-state index is 0.0207. The van der Waals surface area contributed by atoms with Gasteiger partial charge in [-0.3, -0.25) is 9.59 Å². The van der Waals surface area contributed by atoms with Crippen molar-refractivity contribution in [3.8, 4) is 5.75 Å². The largest absolute Gasteiger partial charge is 0.489 e. The minimum Gasteiger partial charge on any atom is -0.489 e. The van der Waals surface area contributed by atoms with E-state index in [9.17, 15) is 9.59 Å². The molecule has 166 valence electrons. The number of hydrogen-bond acceptors (Lipinski definition) is 3. The molecular formula is C26H29N3O3. The van der Waals surface area contributed by atoms with Gasteiger partial charge in [-0.15, -0.1) is 0 Å². The fourth-order valence-corrected chi connectivity index (χ4v) is 4.22. The molecule has 0 spiro atoms. The van der Waals surface area contributed by atoms with Gasteiger partial charge in [0.25, 0.3) is 5.91 Å². The van der Waals surface area contributed by atoms with Crippen LogP contribution in [0.15, 0.2) is 61.2 Å². The molecule has 0 unspecified atom stereocenters. The number of piperazine rings is 1. The minimum atomic E-state index is -0.0207. The van der Waals surface area contributed by atoms with Gasteiger partial charge in [-0.05, 0) is 36.2 Å². The number of amides is 2. The number of carbonyl (C=O) groups excluding carboxylic acids is 2. The summed E-state index contributed by atoms with van der Waals surface area (Å²) < 4.78 is 7.96. The molecule has 1 aliphatic heterocycles. The zero-order chi connectivity index (χ0) is 22.7. The number of aromatic nitrogens is 1. The van der Waals surface area contributed by atoms with Crippen molar-refractivity contribution in [2.75, 3.05) is 32.8 Å². The van der Waals surface area contributed by atoms with E-state index in [1.54, 1.807) is 17.9 Å². The third-order valence-corrected chi connectivity index (χ3v) is 6.08. The Labute approximate surface area is 188 Å². The van der Waals surface area contributed by atoms with E-state index >= 15 is 0 Å². The van der Waals surface area contributed by atoms with Crippen molar-refractivity contribution >= 4 is 22.7 Å². The van der Waals surface area contributed by atoms with Crippen LogP contribution in [-0.2, 0) is 11.3 Å². The lowest BCUT2D eigenvalue weighted by atomic mass is 10.1. The molecule has 1 fully saturated rings. The van der Waals surface area contributed by atoms with E-state index in [1.807, 2.05) is 41.3 Å². The first-order valence-corrected chi connectivity index (χ1v) is 10.9. The normalized spacial score (nSPS) is 13.9. The lowest BCUT2D eigenvalue weighted by Gasteiger charge is -2.34. The van der Waals surface area contributed by atoms with Gasteiger partial charge in [-0.2, -0.15) is 0 Å². The van der Waals surface area contributed by atoms with Crippen LogP contribution >= 0.6 is 0 Å². The Kier molecular flexibility index (Phi) is 6.30. The van der Waals surface area contributed by atoms with Gasteiger partial charge in [0.05, 0.1) is 5.52 Å². The number of fused-ring (bicyclic) bond motifs is 1. The number of carbonyl (C=O) groups is 2. The fourth-order valence-electron chi connectivity index (χ4n) is 4.22. The topological polar surface area (TPSA) is 54.8 Å². The van der Waals surface area contributed by atoms with Gasteiger partial charge in [-0.1, -0.05) is 43.0 Å². The predicted molar refractivity (Wildman–Crippen MR) is 126 cm³/mol. The van der Waals surface area contributed by atoms with E-state index in [1.165, 1.54) is 5.56 Å². The molecule has 1 saturated heterocycles. The highest BCUT2D eigenvalue weighted by molar-refractivity contribution is 6.00. The molecular weight excluding hydrogens is 402 g/mol. The molecule has 32 heavy (non-hydrogen) atoms. The summed E-state index contributed by atoms with van der Waals surface area (Å²) in [6.45, 7) is 10.6. The second-order valence-corrected chi connectivity index (χ2v) is 8.13. The summed E-state index contributed by atoms with van der Waals surface area (Å²) in [5.74, 6) is 0.767. The van der Waals surface area contributed by atoms with Crippen molar-refractivity contribution in [3.05, 3.63) is 78.0 Å². The molecule has 1 aromatic heterocycles. The molecule has 2 amide bonds. The lowest BCUT2D eigenvalue weighted by molar-refractivity contribution is -0.130. The first-order valence-electron chi connectivity index (χ1n) is 10.9. The summed E-state index contributed by atoms with van der Waals surface area (Å²) in [5, 5.41) is 0.911. The van der Waals surface area contributed by atoms with Crippen LogP contribution < -0.4 is 4.74 Å². The molecule has 2 heterocycles. The van der Waals surface area contributed by atoms with Crippen LogP contribution in [0.5, 0.6) is 5.75 Å². The first kappa shape index (κ1) is 21.7. The molecule has 0 saturated carbocycles. The maximum Gasteiger partial charge on any atom is 0.270 e.